The lowest BCUT2D eigenvalue weighted by molar-refractivity contribution is -0.137. The molecule has 2 aromatic heterocycles. The molecule has 0 spiro atoms. The van der Waals surface area contributed by atoms with Gasteiger partial charge in [0, 0.05) is 5.69 Å². The number of hydrogen-bond donors (Lipinski definition) is 2. The Morgan fingerprint density at radius 2 is 1.81 bits per heavy atom. The summed E-state index contributed by atoms with van der Waals surface area (Å²) in [5.41, 5.74) is -0.0741. The molecule has 0 saturated heterocycles. The highest BCUT2D eigenvalue weighted by Crippen LogP contribution is 2.31. The molecular formula is C19H12F3N5O2S3. The molecule has 0 atom stereocenters. The molecule has 0 fully saturated rings. The number of carbonyl (C=O) groups excluding carboxylic acids is 2. The van der Waals surface area contributed by atoms with E-state index in [9.17, 15) is 22.8 Å². The minimum atomic E-state index is -4.49. The van der Waals surface area contributed by atoms with Gasteiger partial charge in [0.2, 0.25) is 11.0 Å². The van der Waals surface area contributed by atoms with Gasteiger partial charge in [-0.15, -0.1) is 21.5 Å². The first-order valence-electron chi connectivity index (χ1n) is 8.88. The number of thiazole rings is 1. The maximum absolute atomic E-state index is 12.8. The number of nitrogens with zero attached hydrogens (tertiary/aromatic N) is 3. The second-order valence-electron chi connectivity index (χ2n) is 6.23. The Balaban J connectivity index is 1.31. The highest BCUT2D eigenvalue weighted by atomic mass is 32.2. The Hall–Kier alpha value is -3.03. The lowest BCUT2D eigenvalue weighted by atomic mass is 10.2. The maximum Gasteiger partial charge on any atom is 0.416 e. The Morgan fingerprint density at radius 1 is 1.00 bits per heavy atom. The molecule has 13 heteroatoms. The van der Waals surface area contributed by atoms with Crippen molar-refractivity contribution in [3.05, 3.63) is 59.1 Å². The third-order valence-electron chi connectivity index (χ3n) is 3.92. The molecule has 7 nitrogen and oxygen atoms in total. The first-order valence-corrected chi connectivity index (χ1v) is 11.5. The van der Waals surface area contributed by atoms with Crippen LogP contribution in [-0.4, -0.2) is 32.7 Å². The van der Waals surface area contributed by atoms with Crippen molar-refractivity contribution in [2.75, 3.05) is 16.4 Å². The van der Waals surface area contributed by atoms with Crippen LogP contribution in [0.1, 0.15) is 15.4 Å². The number of thioether (sulfide) groups is 1. The van der Waals surface area contributed by atoms with Crippen molar-refractivity contribution in [2.45, 2.75) is 10.5 Å². The fourth-order valence-electron chi connectivity index (χ4n) is 2.54. The van der Waals surface area contributed by atoms with Crippen molar-refractivity contribution in [2.24, 2.45) is 0 Å². The van der Waals surface area contributed by atoms with Gasteiger partial charge in [-0.1, -0.05) is 41.3 Å². The van der Waals surface area contributed by atoms with Crippen LogP contribution in [0.25, 0.3) is 10.2 Å². The molecule has 0 radical (unpaired) electrons. The highest BCUT2D eigenvalue weighted by Gasteiger charge is 2.30. The van der Waals surface area contributed by atoms with Gasteiger partial charge in [-0.3, -0.25) is 14.9 Å². The van der Waals surface area contributed by atoms with Crippen molar-refractivity contribution in [1.82, 2.24) is 15.2 Å². The summed E-state index contributed by atoms with van der Waals surface area (Å²) < 4.78 is 39.6. The van der Waals surface area contributed by atoms with E-state index in [0.29, 0.717) is 4.34 Å². The van der Waals surface area contributed by atoms with E-state index in [1.165, 1.54) is 23.5 Å². The van der Waals surface area contributed by atoms with Crippen LogP contribution >= 0.6 is 34.4 Å². The van der Waals surface area contributed by atoms with Crippen LogP contribution in [0.5, 0.6) is 0 Å². The molecule has 164 valence electrons. The zero-order chi connectivity index (χ0) is 22.7. The minimum absolute atomic E-state index is 0.0477. The van der Waals surface area contributed by atoms with Gasteiger partial charge in [-0.05, 0) is 30.3 Å². The number of hydrogen-bond acceptors (Lipinski definition) is 8. The van der Waals surface area contributed by atoms with E-state index in [4.69, 9.17) is 0 Å². The zero-order valence-corrected chi connectivity index (χ0v) is 18.3. The Kier molecular flexibility index (Phi) is 6.39. The Bertz CT molecular complexity index is 1260. The Labute approximate surface area is 191 Å². The van der Waals surface area contributed by atoms with Gasteiger partial charge in [0.15, 0.2) is 9.35 Å². The van der Waals surface area contributed by atoms with Crippen LogP contribution in [0.2, 0.25) is 0 Å². The molecular weight excluding hydrogens is 483 g/mol. The number of aromatic nitrogens is 3. The van der Waals surface area contributed by atoms with Gasteiger partial charge in [0.05, 0.1) is 21.5 Å². The number of nitrogens with one attached hydrogen (secondary N) is 2. The molecule has 4 aromatic rings. The largest absolute Gasteiger partial charge is 0.416 e. The van der Waals surface area contributed by atoms with Crippen LogP contribution in [0.4, 0.5) is 24.0 Å². The average molecular weight is 496 g/mol. The summed E-state index contributed by atoms with van der Waals surface area (Å²) in [6, 6.07) is 11.8. The van der Waals surface area contributed by atoms with E-state index in [0.717, 1.165) is 45.4 Å². The van der Waals surface area contributed by atoms with Crippen molar-refractivity contribution in [3.8, 4) is 0 Å². The first-order chi connectivity index (χ1) is 15.3. The second-order valence-corrected chi connectivity index (χ2v) is 9.46. The number of anilines is 2. The van der Waals surface area contributed by atoms with Crippen LogP contribution < -0.4 is 10.6 Å². The van der Waals surface area contributed by atoms with Gasteiger partial charge in [-0.2, -0.15) is 13.2 Å². The van der Waals surface area contributed by atoms with Gasteiger partial charge in [-0.25, -0.2) is 4.98 Å². The highest BCUT2D eigenvalue weighted by molar-refractivity contribution is 8.01. The van der Waals surface area contributed by atoms with Gasteiger partial charge in [0.1, 0.15) is 0 Å². The van der Waals surface area contributed by atoms with Crippen molar-refractivity contribution >= 4 is 67.3 Å². The fraction of sp³-hybridized carbons (Fsp3) is 0.105. The number of fused-ring (bicyclic) bond motifs is 1. The first kappa shape index (κ1) is 22.2. The van der Waals surface area contributed by atoms with Gasteiger partial charge < -0.3 is 5.32 Å². The summed E-state index contributed by atoms with van der Waals surface area (Å²) in [5.74, 6) is -0.998. The van der Waals surface area contributed by atoms with Gasteiger partial charge in [0.25, 0.3) is 5.91 Å². The quantitative estimate of drug-likeness (QED) is 0.284. The monoisotopic (exact) mass is 495 g/mol. The summed E-state index contributed by atoms with van der Waals surface area (Å²) >= 11 is 3.38. The number of halogens is 3. The summed E-state index contributed by atoms with van der Waals surface area (Å²) in [4.78, 5) is 28.7. The summed E-state index contributed by atoms with van der Waals surface area (Å²) in [6.07, 6.45) is -4.49. The second kappa shape index (κ2) is 9.22. The predicted octanol–water partition coefficient (Wildman–Crippen LogP) is 5.15. The summed E-state index contributed by atoms with van der Waals surface area (Å²) in [6.45, 7) is 0. The Morgan fingerprint density at radius 3 is 2.59 bits per heavy atom. The normalized spacial score (nSPS) is 11.5. The molecule has 4 rings (SSSR count). The standard InChI is InChI=1S/C19H12F3N5O2S3/c20-19(21,22)10-4-3-5-11(8-10)23-14(28)9-30-18-27-26-17(32-18)25-15(29)16-24-12-6-1-2-7-13(12)31-16/h1-8H,9H2,(H,23,28)(H,25,26,29). The van der Waals surface area contributed by atoms with E-state index in [2.05, 4.69) is 25.8 Å². The molecule has 2 N–H and O–H groups in total. The van der Waals surface area contributed by atoms with Crippen LogP contribution in [0, 0.1) is 0 Å². The van der Waals surface area contributed by atoms with Crippen LogP contribution in [-0.2, 0) is 11.0 Å². The fourth-order valence-corrected chi connectivity index (χ4v) is 4.94. The van der Waals surface area contributed by atoms with E-state index < -0.39 is 23.6 Å². The molecule has 0 aliphatic rings. The summed E-state index contributed by atoms with van der Waals surface area (Å²) in [7, 11) is 0. The molecule has 0 bridgehead atoms. The topological polar surface area (TPSA) is 96.9 Å². The van der Waals surface area contributed by atoms with Crippen molar-refractivity contribution < 1.29 is 22.8 Å². The number of alkyl halides is 3. The maximum atomic E-state index is 12.8. The molecule has 0 aliphatic carbocycles. The van der Waals surface area contributed by atoms with E-state index in [1.807, 2.05) is 24.3 Å². The van der Waals surface area contributed by atoms with E-state index in [1.54, 1.807) is 0 Å². The van der Waals surface area contributed by atoms with Crippen molar-refractivity contribution in [1.29, 1.82) is 0 Å². The van der Waals surface area contributed by atoms with Crippen molar-refractivity contribution in [3.63, 3.8) is 0 Å². The lowest BCUT2D eigenvalue weighted by Crippen LogP contribution is -2.15. The smallest absolute Gasteiger partial charge is 0.325 e. The van der Waals surface area contributed by atoms with Crippen LogP contribution in [0.15, 0.2) is 52.9 Å². The number of para-hydroxylation sites is 1. The van der Waals surface area contributed by atoms with E-state index >= 15 is 0 Å². The number of rotatable bonds is 6. The summed E-state index contributed by atoms with van der Waals surface area (Å²) in [5, 5.41) is 13.3. The molecule has 0 saturated carbocycles. The third kappa shape index (κ3) is 5.41. The number of benzene rings is 2. The molecule has 0 aliphatic heterocycles. The van der Waals surface area contributed by atoms with E-state index in [-0.39, 0.29) is 21.6 Å². The molecule has 0 unspecified atom stereocenters. The molecule has 2 aromatic carbocycles. The average Bonchev–Trinajstić information content (AvgIpc) is 3.38. The lowest BCUT2D eigenvalue weighted by Gasteiger charge is -2.09. The predicted molar refractivity (Wildman–Crippen MR) is 118 cm³/mol. The number of carbonyl (C=O) groups is 2. The van der Waals surface area contributed by atoms with Gasteiger partial charge >= 0.3 is 6.18 Å². The molecule has 32 heavy (non-hydrogen) atoms. The van der Waals surface area contributed by atoms with Crippen LogP contribution in [0.3, 0.4) is 0 Å². The third-order valence-corrected chi connectivity index (χ3v) is 6.92. The minimum Gasteiger partial charge on any atom is -0.325 e. The number of amides is 2. The SMILES string of the molecule is O=C(CSc1nnc(NC(=O)c2nc3ccccc3s2)s1)Nc1cccc(C(F)(F)F)c1. The molecule has 2 heterocycles. The molecule has 2 amide bonds. The zero-order valence-electron chi connectivity index (χ0n) is 15.8.